The maximum absolute atomic E-state index is 14.2. The van der Waals surface area contributed by atoms with E-state index in [1.165, 1.54) is 24.7 Å². The number of hydrogen-bond donors (Lipinski definition) is 1. The maximum atomic E-state index is 14.2. The predicted molar refractivity (Wildman–Crippen MR) is 95.9 cm³/mol. The van der Waals surface area contributed by atoms with Crippen molar-refractivity contribution in [3.63, 3.8) is 0 Å². The van der Waals surface area contributed by atoms with Gasteiger partial charge in [0.1, 0.15) is 23.5 Å². The standard InChI is InChI=1S/C21H12F3N3O2/c22-15-3-4-18(24)17(7-15)20-19(27-21(28)29-20)14-5-12(8-25-10-14)1-2-13-6-16(23)11-26-9-13/h3-11,19-20H,(H,27,28)/t19-,20-/m1/s1. The summed E-state index contributed by atoms with van der Waals surface area (Å²) in [4.78, 5) is 19.6. The third-order valence-electron chi connectivity index (χ3n) is 4.25. The maximum Gasteiger partial charge on any atom is 0.408 e. The molecule has 1 saturated heterocycles. The molecule has 1 aliphatic heterocycles. The van der Waals surface area contributed by atoms with Gasteiger partial charge >= 0.3 is 6.09 Å². The number of halogens is 3. The molecule has 0 spiro atoms. The number of hydrogen-bond acceptors (Lipinski definition) is 4. The summed E-state index contributed by atoms with van der Waals surface area (Å²) >= 11 is 0. The number of aromatic nitrogens is 2. The Morgan fingerprint density at radius 2 is 1.62 bits per heavy atom. The Kier molecular flexibility index (Phi) is 4.87. The third kappa shape index (κ3) is 4.04. The lowest BCUT2D eigenvalue weighted by molar-refractivity contribution is 0.130. The average molecular weight is 395 g/mol. The van der Waals surface area contributed by atoms with E-state index in [0.717, 1.165) is 24.4 Å². The number of carbonyl (C=O) groups is 1. The van der Waals surface area contributed by atoms with E-state index in [2.05, 4.69) is 27.1 Å². The normalized spacial score (nSPS) is 17.8. The van der Waals surface area contributed by atoms with Crippen molar-refractivity contribution in [3.8, 4) is 11.8 Å². The summed E-state index contributed by atoms with van der Waals surface area (Å²) in [5.74, 6) is 3.75. The molecule has 144 valence electrons. The molecule has 1 amide bonds. The molecule has 3 heterocycles. The molecular weight excluding hydrogens is 383 g/mol. The van der Waals surface area contributed by atoms with Crippen LogP contribution in [0.5, 0.6) is 0 Å². The van der Waals surface area contributed by atoms with Crippen molar-refractivity contribution in [2.45, 2.75) is 12.1 Å². The molecule has 2 atom stereocenters. The minimum absolute atomic E-state index is 0.0873. The molecule has 1 aromatic carbocycles. The van der Waals surface area contributed by atoms with Crippen LogP contribution in [0.25, 0.3) is 0 Å². The topological polar surface area (TPSA) is 64.1 Å². The highest BCUT2D eigenvalue weighted by molar-refractivity contribution is 5.71. The Labute approximate surface area is 163 Å². The molecule has 0 saturated carbocycles. The summed E-state index contributed by atoms with van der Waals surface area (Å²) in [6.07, 6.45) is 3.61. The number of pyridine rings is 2. The van der Waals surface area contributed by atoms with Gasteiger partial charge in [0.25, 0.3) is 0 Å². The molecule has 1 N–H and O–H groups in total. The lowest BCUT2D eigenvalue weighted by Crippen LogP contribution is -2.20. The highest BCUT2D eigenvalue weighted by atomic mass is 19.1. The van der Waals surface area contributed by atoms with Crippen molar-refractivity contribution in [1.29, 1.82) is 0 Å². The molecule has 3 aromatic rings. The van der Waals surface area contributed by atoms with E-state index >= 15 is 0 Å². The number of rotatable bonds is 2. The van der Waals surface area contributed by atoms with Gasteiger partial charge in [0.2, 0.25) is 0 Å². The second-order valence-corrected chi connectivity index (χ2v) is 6.26. The van der Waals surface area contributed by atoms with E-state index in [1.54, 1.807) is 6.07 Å². The Morgan fingerprint density at radius 1 is 0.897 bits per heavy atom. The average Bonchev–Trinajstić information content (AvgIpc) is 3.10. The van der Waals surface area contributed by atoms with Crippen molar-refractivity contribution in [3.05, 3.63) is 94.8 Å². The fourth-order valence-electron chi connectivity index (χ4n) is 2.97. The summed E-state index contributed by atoms with van der Waals surface area (Å²) in [6.45, 7) is 0. The van der Waals surface area contributed by atoms with Gasteiger partial charge in [0, 0.05) is 35.3 Å². The zero-order chi connectivity index (χ0) is 20.4. The molecule has 0 unspecified atom stereocenters. The van der Waals surface area contributed by atoms with Gasteiger partial charge in [-0.1, -0.05) is 11.8 Å². The van der Waals surface area contributed by atoms with Gasteiger partial charge in [-0.2, -0.15) is 0 Å². The fourth-order valence-corrected chi connectivity index (χ4v) is 2.97. The first-order valence-electron chi connectivity index (χ1n) is 8.49. The first-order valence-corrected chi connectivity index (χ1v) is 8.49. The van der Waals surface area contributed by atoms with Gasteiger partial charge in [-0.05, 0) is 35.9 Å². The molecule has 5 nitrogen and oxygen atoms in total. The largest absolute Gasteiger partial charge is 0.439 e. The van der Waals surface area contributed by atoms with Crippen molar-refractivity contribution in [2.24, 2.45) is 0 Å². The number of benzene rings is 1. The van der Waals surface area contributed by atoms with Crippen LogP contribution in [-0.2, 0) is 4.74 Å². The van der Waals surface area contributed by atoms with E-state index in [4.69, 9.17) is 4.74 Å². The Hall–Kier alpha value is -3.86. The zero-order valence-corrected chi connectivity index (χ0v) is 14.7. The van der Waals surface area contributed by atoms with E-state index in [0.29, 0.717) is 16.7 Å². The molecule has 1 fully saturated rings. The van der Waals surface area contributed by atoms with Crippen molar-refractivity contribution < 1.29 is 22.7 Å². The van der Waals surface area contributed by atoms with Gasteiger partial charge in [0.05, 0.1) is 6.20 Å². The molecule has 4 rings (SSSR count). The first-order chi connectivity index (χ1) is 14.0. The number of carbonyl (C=O) groups excluding carboxylic acids is 1. The highest BCUT2D eigenvalue weighted by Crippen LogP contribution is 2.37. The van der Waals surface area contributed by atoms with Crippen LogP contribution in [0.1, 0.15) is 34.4 Å². The van der Waals surface area contributed by atoms with Gasteiger partial charge in [-0.15, -0.1) is 0 Å². The number of nitrogens with zero attached hydrogens (tertiary/aromatic N) is 2. The van der Waals surface area contributed by atoms with Crippen molar-refractivity contribution >= 4 is 6.09 Å². The second-order valence-electron chi connectivity index (χ2n) is 6.26. The third-order valence-corrected chi connectivity index (χ3v) is 4.25. The molecular formula is C21H12F3N3O2. The van der Waals surface area contributed by atoms with Crippen LogP contribution in [0.4, 0.5) is 18.0 Å². The lowest BCUT2D eigenvalue weighted by Gasteiger charge is -2.18. The summed E-state index contributed by atoms with van der Waals surface area (Å²) in [6, 6.07) is 5.03. The Morgan fingerprint density at radius 3 is 2.38 bits per heavy atom. The van der Waals surface area contributed by atoms with Gasteiger partial charge < -0.3 is 10.1 Å². The quantitative estimate of drug-likeness (QED) is 0.670. The van der Waals surface area contributed by atoms with Gasteiger partial charge in [0.15, 0.2) is 6.10 Å². The number of cyclic esters (lactones) is 1. The minimum Gasteiger partial charge on any atom is -0.439 e. The molecule has 0 aliphatic carbocycles. The van der Waals surface area contributed by atoms with Crippen LogP contribution in [0.2, 0.25) is 0 Å². The predicted octanol–water partition coefficient (Wildman–Crippen LogP) is 3.82. The van der Waals surface area contributed by atoms with E-state index in [-0.39, 0.29) is 5.56 Å². The molecule has 29 heavy (non-hydrogen) atoms. The van der Waals surface area contributed by atoms with Crippen LogP contribution in [0, 0.1) is 29.3 Å². The van der Waals surface area contributed by atoms with E-state index in [9.17, 15) is 18.0 Å². The Bertz CT molecular complexity index is 1160. The number of nitrogens with one attached hydrogen (secondary N) is 1. The second kappa shape index (κ2) is 7.64. The summed E-state index contributed by atoms with van der Waals surface area (Å²) in [5.41, 5.74) is 1.27. The molecule has 2 aromatic heterocycles. The number of amides is 1. The zero-order valence-electron chi connectivity index (χ0n) is 14.7. The van der Waals surface area contributed by atoms with Crippen LogP contribution >= 0.6 is 0 Å². The van der Waals surface area contributed by atoms with Crippen molar-refractivity contribution in [1.82, 2.24) is 15.3 Å². The highest BCUT2D eigenvalue weighted by Gasteiger charge is 2.38. The number of alkyl carbamates (subject to hydrolysis) is 1. The molecule has 8 heteroatoms. The smallest absolute Gasteiger partial charge is 0.408 e. The minimum atomic E-state index is -1.07. The first kappa shape index (κ1) is 18.5. The van der Waals surface area contributed by atoms with Crippen LogP contribution in [-0.4, -0.2) is 16.1 Å². The van der Waals surface area contributed by atoms with E-state index < -0.39 is 35.7 Å². The monoisotopic (exact) mass is 395 g/mol. The summed E-state index contributed by atoms with van der Waals surface area (Å²) < 4.78 is 46.2. The van der Waals surface area contributed by atoms with Crippen molar-refractivity contribution in [2.75, 3.05) is 0 Å². The Balaban J connectivity index is 1.66. The SMILES string of the molecule is O=C1N[C@H](c2cncc(C#Cc3cncc(F)c3)c2)[C@@H](c2cc(F)ccc2F)O1. The summed E-state index contributed by atoms with van der Waals surface area (Å²) in [7, 11) is 0. The fraction of sp³-hybridized carbons (Fsp3) is 0.0952. The molecule has 0 bridgehead atoms. The molecule has 1 aliphatic rings. The van der Waals surface area contributed by atoms with Gasteiger partial charge in [-0.3, -0.25) is 9.97 Å². The lowest BCUT2D eigenvalue weighted by atomic mass is 9.96. The van der Waals surface area contributed by atoms with Crippen LogP contribution in [0.15, 0.2) is 55.1 Å². The summed E-state index contributed by atoms with van der Waals surface area (Å²) in [5, 5.41) is 2.58. The van der Waals surface area contributed by atoms with Crippen LogP contribution < -0.4 is 5.32 Å². The molecule has 0 radical (unpaired) electrons. The van der Waals surface area contributed by atoms with E-state index in [1.807, 2.05) is 0 Å². The van der Waals surface area contributed by atoms with Crippen LogP contribution in [0.3, 0.4) is 0 Å². The van der Waals surface area contributed by atoms with Gasteiger partial charge in [-0.25, -0.2) is 18.0 Å². The number of ether oxygens (including phenoxy) is 1.